The zero-order chi connectivity index (χ0) is 13.1. The number of anilines is 1. The molecule has 17 heavy (non-hydrogen) atoms. The van der Waals surface area contributed by atoms with Gasteiger partial charge in [0, 0.05) is 12.6 Å². The Labute approximate surface area is 107 Å². The molecule has 1 aromatic rings. The number of benzene rings is 1. The van der Waals surface area contributed by atoms with Crippen molar-refractivity contribution < 1.29 is 4.39 Å². The molecule has 1 aromatic carbocycles. The van der Waals surface area contributed by atoms with Crippen molar-refractivity contribution >= 4 is 17.3 Å². The third-order valence-electron chi connectivity index (χ3n) is 2.43. The fourth-order valence-corrected chi connectivity index (χ4v) is 1.93. The highest BCUT2D eigenvalue weighted by Gasteiger charge is 2.18. The number of nitrogens with one attached hydrogen (secondary N) is 1. The minimum Gasteiger partial charge on any atom is -0.380 e. The van der Waals surface area contributed by atoms with Gasteiger partial charge in [0.15, 0.2) is 0 Å². The van der Waals surface area contributed by atoms with Crippen molar-refractivity contribution in [1.29, 1.82) is 0 Å². The molecule has 0 heterocycles. The maximum Gasteiger partial charge on any atom is 0.125 e. The first-order chi connectivity index (χ1) is 7.81. The molecule has 4 heteroatoms. The van der Waals surface area contributed by atoms with E-state index >= 15 is 0 Å². The lowest BCUT2D eigenvalue weighted by Gasteiger charge is -2.27. The molecule has 0 aliphatic carbocycles. The van der Waals surface area contributed by atoms with Gasteiger partial charge >= 0.3 is 0 Å². The second-order valence-electron chi connectivity index (χ2n) is 5.47. The number of rotatable bonds is 4. The number of hydrogen-bond donors (Lipinski definition) is 2. The van der Waals surface area contributed by atoms with Crippen LogP contribution in [0.15, 0.2) is 18.2 Å². The molecule has 0 aromatic heterocycles. The van der Waals surface area contributed by atoms with E-state index in [1.807, 2.05) is 0 Å². The van der Waals surface area contributed by atoms with Gasteiger partial charge in [-0.25, -0.2) is 4.39 Å². The summed E-state index contributed by atoms with van der Waals surface area (Å²) in [5, 5.41) is 3.71. The molecule has 0 amide bonds. The van der Waals surface area contributed by atoms with Crippen molar-refractivity contribution in [2.45, 2.75) is 33.2 Å². The zero-order valence-electron chi connectivity index (χ0n) is 10.6. The van der Waals surface area contributed by atoms with E-state index in [0.29, 0.717) is 17.3 Å². The Hall–Kier alpha value is -0.800. The van der Waals surface area contributed by atoms with Crippen molar-refractivity contribution in [1.82, 2.24) is 0 Å². The third kappa shape index (κ3) is 4.92. The SMILES string of the molecule is CC(C)(C)CC(CN)Nc1cc(F)ccc1Cl. The molecule has 1 rings (SSSR count). The molecule has 0 aliphatic rings. The first-order valence-electron chi connectivity index (χ1n) is 5.73. The van der Waals surface area contributed by atoms with Crippen molar-refractivity contribution in [3.05, 3.63) is 29.0 Å². The molecule has 1 atom stereocenters. The molecule has 0 radical (unpaired) electrons. The van der Waals surface area contributed by atoms with Crippen LogP contribution < -0.4 is 11.1 Å². The van der Waals surface area contributed by atoms with Crippen LogP contribution in [0, 0.1) is 11.2 Å². The highest BCUT2D eigenvalue weighted by molar-refractivity contribution is 6.33. The van der Waals surface area contributed by atoms with E-state index in [2.05, 4.69) is 26.1 Å². The van der Waals surface area contributed by atoms with Gasteiger partial charge in [-0.15, -0.1) is 0 Å². The fraction of sp³-hybridized carbons (Fsp3) is 0.538. The van der Waals surface area contributed by atoms with Crippen LogP contribution in [0.25, 0.3) is 0 Å². The second kappa shape index (κ2) is 5.69. The first-order valence-corrected chi connectivity index (χ1v) is 6.11. The van der Waals surface area contributed by atoms with Crippen LogP contribution in [0.3, 0.4) is 0 Å². The van der Waals surface area contributed by atoms with Gasteiger partial charge in [-0.3, -0.25) is 0 Å². The summed E-state index contributed by atoms with van der Waals surface area (Å²) in [6, 6.07) is 4.38. The van der Waals surface area contributed by atoms with Crippen molar-refractivity contribution in [3.8, 4) is 0 Å². The Bertz CT molecular complexity index is 374. The van der Waals surface area contributed by atoms with E-state index in [1.54, 1.807) is 6.07 Å². The molecular weight excluding hydrogens is 239 g/mol. The largest absolute Gasteiger partial charge is 0.380 e. The minimum atomic E-state index is -0.302. The number of hydrogen-bond acceptors (Lipinski definition) is 2. The average Bonchev–Trinajstić information content (AvgIpc) is 2.20. The normalized spacial score (nSPS) is 13.5. The molecule has 0 spiro atoms. The van der Waals surface area contributed by atoms with E-state index in [4.69, 9.17) is 17.3 Å². The van der Waals surface area contributed by atoms with Gasteiger partial charge in [0.1, 0.15) is 5.82 Å². The van der Waals surface area contributed by atoms with Crippen LogP contribution in [0.5, 0.6) is 0 Å². The maximum atomic E-state index is 13.1. The monoisotopic (exact) mass is 258 g/mol. The highest BCUT2D eigenvalue weighted by atomic mass is 35.5. The summed E-state index contributed by atoms with van der Waals surface area (Å²) in [7, 11) is 0. The van der Waals surface area contributed by atoms with Crippen LogP contribution in [0.2, 0.25) is 5.02 Å². The van der Waals surface area contributed by atoms with Crippen LogP contribution in [0.4, 0.5) is 10.1 Å². The van der Waals surface area contributed by atoms with Gasteiger partial charge in [-0.05, 0) is 30.0 Å². The predicted molar refractivity (Wildman–Crippen MR) is 71.9 cm³/mol. The highest BCUT2D eigenvalue weighted by Crippen LogP contribution is 2.26. The Kier molecular flexibility index (Phi) is 4.78. The average molecular weight is 259 g/mol. The first kappa shape index (κ1) is 14.3. The number of nitrogens with two attached hydrogens (primary N) is 1. The topological polar surface area (TPSA) is 38.0 Å². The smallest absolute Gasteiger partial charge is 0.125 e. The summed E-state index contributed by atoms with van der Waals surface area (Å²) in [6.07, 6.45) is 0.899. The van der Waals surface area contributed by atoms with E-state index in [9.17, 15) is 4.39 Å². The molecule has 2 nitrogen and oxygen atoms in total. The molecule has 0 bridgehead atoms. The van der Waals surface area contributed by atoms with Crippen molar-refractivity contribution in [3.63, 3.8) is 0 Å². The van der Waals surface area contributed by atoms with Gasteiger partial charge in [0.2, 0.25) is 0 Å². The molecular formula is C13H20ClFN2. The molecule has 0 saturated carbocycles. The summed E-state index contributed by atoms with van der Waals surface area (Å²) in [5.41, 5.74) is 6.48. The summed E-state index contributed by atoms with van der Waals surface area (Å²) < 4.78 is 13.1. The lowest BCUT2D eigenvalue weighted by Crippen LogP contribution is -2.33. The van der Waals surface area contributed by atoms with Crippen LogP contribution in [-0.2, 0) is 0 Å². The van der Waals surface area contributed by atoms with Crippen LogP contribution in [0.1, 0.15) is 27.2 Å². The summed E-state index contributed by atoms with van der Waals surface area (Å²) in [5.74, 6) is -0.302. The van der Waals surface area contributed by atoms with Gasteiger partial charge in [0.05, 0.1) is 10.7 Å². The summed E-state index contributed by atoms with van der Waals surface area (Å²) in [6.45, 7) is 6.92. The Balaban J connectivity index is 2.77. The number of halogens is 2. The van der Waals surface area contributed by atoms with Crippen LogP contribution >= 0.6 is 11.6 Å². The fourth-order valence-electron chi connectivity index (χ4n) is 1.76. The minimum absolute atomic E-state index is 0.0919. The Morgan fingerprint density at radius 1 is 1.41 bits per heavy atom. The summed E-state index contributed by atoms with van der Waals surface area (Å²) >= 11 is 6.00. The molecule has 0 saturated heterocycles. The van der Waals surface area contributed by atoms with E-state index < -0.39 is 0 Å². The molecule has 1 unspecified atom stereocenters. The Morgan fingerprint density at radius 2 is 2.06 bits per heavy atom. The predicted octanol–water partition coefficient (Wildman–Crippen LogP) is 3.65. The van der Waals surface area contributed by atoms with E-state index in [-0.39, 0.29) is 17.3 Å². The zero-order valence-corrected chi connectivity index (χ0v) is 11.3. The lowest BCUT2D eigenvalue weighted by atomic mass is 9.88. The van der Waals surface area contributed by atoms with Gasteiger partial charge in [-0.1, -0.05) is 32.4 Å². The van der Waals surface area contributed by atoms with Crippen molar-refractivity contribution in [2.24, 2.45) is 11.1 Å². The van der Waals surface area contributed by atoms with Crippen molar-refractivity contribution in [2.75, 3.05) is 11.9 Å². The second-order valence-corrected chi connectivity index (χ2v) is 5.87. The van der Waals surface area contributed by atoms with E-state index in [1.165, 1.54) is 12.1 Å². The third-order valence-corrected chi connectivity index (χ3v) is 2.76. The standard InChI is InChI=1S/C13H20ClFN2/c1-13(2,3)7-10(8-16)17-12-6-9(15)4-5-11(12)14/h4-6,10,17H,7-8,16H2,1-3H3. The van der Waals surface area contributed by atoms with Gasteiger partial charge < -0.3 is 11.1 Å². The maximum absolute atomic E-state index is 13.1. The Morgan fingerprint density at radius 3 is 2.59 bits per heavy atom. The molecule has 0 aliphatic heterocycles. The van der Waals surface area contributed by atoms with Gasteiger partial charge in [-0.2, -0.15) is 0 Å². The van der Waals surface area contributed by atoms with Gasteiger partial charge in [0.25, 0.3) is 0 Å². The summed E-state index contributed by atoms with van der Waals surface area (Å²) in [4.78, 5) is 0. The van der Waals surface area contributed by atoms with E-state index in [0.717, 1.165) is 6.42 Å². The molecule has 96 valence electrons. The molecule has 0 fully saturated rings. The molecule has 3 N–H and O–H groups in total. The van der Waals surface area contributed by atoms with Crippen LogP contribution in [-0.4, -0.2) is 12.6 Å². The quantitative estimate of drug-likeness (QED) is 0.865. The lowest BCUT2D eigenvalue weighted by molar-refractivity contribution is 0.351.